The predicted octanol–water partition coefficient (Wildman–Crippen LogP) is 1.90. The van der Waals surface area contributed by atoms with Crippen molar-refractivity contribution in [2.75, 3.05) is 5.32 Å². The van der Waals surface area contributed by atoms with Crippen LogP contribution in [-0.2, 0) is 4.79 Å². The summed E-state index contributed by atoms with van der Waals surface area (Å²) in [5.74, 6) is 0.239. The molecule has 0 aliphatic carbocycles. The van der Waals surface area contributed by atoms with Crippen molar-refractivity contribution >= 4 is 11.7 Å². The minimum Gasteiger partial charge on any atom is -0.305 e. The minimum absolute atomic E-state index is 0.277. The zero-order chi connectivity index (χ0) is 12.3. The van der Waals surface area contributed by atoms with Gasteiger partial charge in [0, 0.05) is 23.5 Å². The second kappa shape index (κ2) is 4.61. The van der Waals surface area contributed by atoms with E-state index < -0.39 is 0 Å². The van der Waals surface area contributed by atoms with Crippen LogP contribution in [0.2, 0.25) is 0 Å². The molecule has 5 nitrogen and oxygen atoms in total. The second-order valence-corrected chi connectivity index (χ2v) is 3.50. The van der Waals surface area contributed by atoms with Crippen LogP contribution in [0.3, 0.4) is 0 Å². The lowest BCUT2D eigenvalue weighted by Crippen LogP contribution is -2.08. The maximum absolute atomic E-state index is 11.2. The van der Waals surface area contributed by atoms with Crippen molar-refractivity contribution < 1.29 is 4.79 Å². The van der Waals surface area contributed by atoms with Crippen LogP contribution in [0.1, 0.15) is 5.56 Å². The molecule has 0 aliphatic rings. The molecule has 0 saturated heterocycles. The zero-order valence-electron chi connectivity index (χ0n) is 9.40. The van der Waals surface area contributed by atoms with E-state index in [-0.39, 0.29) is 5.91 Å². The number of pyridine rings is 1. The fourth-order valence-electron chi connectivity index (χ4n) is 1.49. The molecule has 0 bridgehead atoms. The molecule has 2 rings (SSSR count). The van der Waals surface area contributed by atoms with Crippen molar-refractivity contribution in [3.05, 3.63) is 42.7 Å². The van der Waals surface area contributed by atoms with Crippen molar-refractivity contribution in [3.63, 3.8) is 0 Å². The average Bonchev–Trinajstić information content (AvgIpc) is 2.72. The van der Waals surface area contributed by atoms with Crippen LogP contribution in [0.4, 0.5) is 5.82 Å². The number of anilines is 1. The first kappa shape index (κ1) is 11.1. The van der Waals surface area contributed by atoms with Crippen molar-refractivity contribution in [1.29, 1.82) is 0 Å². The van der Waals surface area contributed by atoms with Gasteiger partial charge in [-0.2, -0.15) is 5.10 Å². The smallest absolute Gasteiger partial charge is 0.248 e. The largest absolute Gasteiger partial charge is 0.305 e. The first-order chi connectivity index (χ1) is 8.22. The highest BCUT2D eigenvalue weighted by Crippen LogP contribution is 2.24. The van der Waals surface area contributed by atoms with Crippen LogP contribution in [0.25, 0.3) is 11.3 Å². The van der Waals surface area contributed by atoms with Gasteiger partial charge in [0.05, 0.1) is 5.69 Å². The van der Waals surface area contributed by atoms with Gasteiger partial charge in [0.2, 0.25) is 5.91 Å². The maximum Gasteiger partial charge on any atom is 0.248 e. The van der Waals surface area contributed by atoms with Gasteiger partial charge in [-0.05, 0) is 25.1 Å². The van der Waals surface area contributed by atoms with E-state index in [2.05, 4.69) is 27.1 Å². The number of nitrogens with one attached hydrogen (secondary N) is 2. The maximum atomic E-state index is 11.2. The summed E-state index contributed by atoms with van der Waals surface area (Å²) in [6.07, 6.45) is 4.62. The van der Waals surface area contributed by atoms with E-state index in [9.17, 15) is 4.79 Å². The Labute approximate surface area is 98.6 Å². The number of H-pyrrole nitrogens is 1. The van der Waals surface area contributed by atoms with Crippen molar-refractivity contribution in [2.24, 2.45) is 0 Å². The summed E-state index contributed by atoms with van der Waals surface area (Å²) in [7, 11) is 0. The van der Waals surface area contributed by atoms with E-state index in [1.807, 2.05) is 19.1 Å². The van der Waals surface area contributed by atoms with Crippen LogP contribution in [0.5, 0.6) is 0 Å². The average molecular weight is 228 g/mol. The highest BCUT2D eigenvalue weighted by Gasteiger charge is 2.11. The summed E-state index contributed by atoms with van der Waals surface area (Å²) in [5.41, 5.74) is 2.72. The molecule has 1 amide bonds. The lowest BCUT2D eigenvalue weighted by molar-refractivity contribution is -0.111. The van der Waals surface area contributed by atoms with Crippen LogP contribution >= 0.6 is 0 Å². The van der Waals surface area contributed by atoms with Crippen LogP contribution in [-0.4, -0.2) is 21.1 Å². The Morgan fingerprint density at radius 3 is 2.82 bits per heavy atom. The number of aromatic amines is 1. The Bertz CT molecular complexity index is 545. The predicted molar refractivity (Wildman–Crippen MR) is 65.4 cm³/mol. The monoisotopic (exact) mass is 228 g/mol. The summed E-state index contributed by atoms with van der Waals surface area (Å²) in [4.78, 5) is 15.1. The SMILES string of the molecule is C=CC(=O)Nc1n[nH]c(-c2ccncc2)c1C. The highest BCUT2D eigenvalue weighted by molar-refractivity contribution is 5.99. The van der Waals surface area contributed by atoms with Crippen LogP contribution in [0.15, 0.2) is 37.2 Å². The van der Waals surface area contributed by atoms with Crippen molar-refractivity contribution in [1.82, 2.24) is 15.2 Å². The van der Waals surface area contributed by atoms with Gasteiger partial charge in [0.25, 0.3) is 0 Å². The molecule has 0 aromatic carbocycles. The molecular formula is C12H12N4O. The van der Waals surface area contributed by atoms with E-state index in [0.29, 0.717) is 5.82 Å². The summed E-state index contributed by atoms with van der Waals surface area (Å²) < 4.78 is 0. The number of carbonyl (C=O) groups excluding carboxylic acids is 1. The van der Waals surface area contributed by atoms with Gasteiger partial charge in [-0.25, -0.2) is 0 Å². The fourth-order valence-corrected chi connectivity index (χ4v) is 1.49. The molecule has 2 aromatic rings. The second-order valence-electron chi connectivity index (χ2n) is 3.50. The molecule has 0 aliphatic heterocycles. The van der Waals surface area contributed by atoms with Crippen molar-refractivity contribution in [2.45, 2.75) is 6.92 Å². The number of nitrogens with zero attached hydrogens (tertiary/aromatic N) is 2. The summed E-state index contributed by atoms with van der Waals surface area (Å²) in [5, 5.41) is 9.58. The molecule has 0 saturated carbocycles. The molecule has 0 radical (unpaired) electrons. The number of hydrogen-bond donors (Lipinski definition) is 2. The number of hydrogen-bond acceptors (Lipinski definition) is 3. The van der Waals surface area contributed by atoms with E-state index in [1.165, 1.54) is 6.08 Å². The molecule has 0 atom stereocenters. The van der Waals surface area contributed by atoms with Gasteiger partial charge in [0.1, 0.15) is 0 Å². The normalized spacial score (nSPS) is 9.94. The topological polar surface area (TPSA) is 70.7 Å². The van der Waals surface area contributed by atoms with Gasteiger partial charge in [-0.1, -0.05) is 6.58 Å². The molecule has 5 heteroatoms. The van der Waals surface area contributed by atoms with Gasteiger partial charge >= 0.3 is 0 Å². The van der Waals surface area contributed by atoms with E-state index in [0.717, 1.165) is 16.8 Å². The Kier molecular flexibility index (Phi) is 3.00. The summed E-state index contributed by atoms with van der Waals surface area (Å²) >= 11 is 0. The Hall–Kier alpha value is -2.43. The van der Waals surface area contributed by atoms with Gasteiger partial charge < -0.3 is 5.32 Å². The lowest BCUT2D eigenvalue weighted by Gasteiger charge is -2.00. The molecule has 2 N–H and O–H groups in total. The third-order valence-electron chi connectivity index (χ3n) is 2.41. The van der Waals surface area contributed by atoms with Gasteiger partial charge in [0.15, 0.2) is 5.82 Å². The van der Waals surface area contributed by atoms with E-state index in [1.54, 1.807) is 12.4 Å². The lowest BCUT2D eigenvalue weighted by atomic mass is 10.1. The molecule has 2 aromatic heterocycles. The molecule has 0 spiro atoms. The quantitative estimate of drug-likeness (QED) is 0.788. The number of aromatic nitrogens is 3. The molecule has 0 fully saturated rings. The number of amides is 1. The van der Waals surface area contributed by atoms with E-state index in [4.69, 9.17) is 0 Å². The van der Waals surface area contributed by atoms with Crippen molar-refractivity contribution in [3.8, 4) is 11.3 Å². The zero-order valence-corrected chi connectivity index (χ0v) is 9.40. The summed E-state index contributed by atoms with van der Waals surface area (Å²) in [6.45, 7) is 5.28. The molecule has 17 heavy (non-hydrogen) atoms. The highest BCUT2D eigenvalue weighted by atomic mass is 16.1. The fraction of sp³-hybridized carbons (Fsp3) is 0.0833. The third-order valence-corrected chi connectivity index (χ3v) is 2.41. The van der Waals surface area contributed by atoms with Gasteiger partial charge in [-0.15, -0.1) is 0 Å². The van der Waals surface area contributed by atoms with Crippen LogP contribution < -0.4 is 5.32 Å². The molecular weight excluding hydrogens is 216 g/mol. The number of carbonyl (C=O) groups is 1. The first-order valence-electron chi connectivity index (χ1n) is 5.11. The standard InChI is InChI=1S/C12H12N4O/c1-3-10(17)14-12-8(2)11(15-16-12)9-4-6-13-7-5-9/h3-7H,1H2,2H3,(H2,14,15,16,17). The minimum atomic E-state index is -0.277. The molecule has 0 unspecified atom stereocenters. The van der Waals surface area contributed by atoms with Crippen LogP contribution in [0, 0.1) is 6.92 Å². The Morgan fingerprint density at radius 1 is 1.47 bits per heavy atom. The number of rotatable bonds is 3. The first-order valence-corrected chi connectivity index (χ1v) is 5.11. The molecule has 2 heterocycles. The Morgan fingerprint density at radius 2 is 2.18 bits per heavy atom. The third kappa shape index (κ3) is 2.23. The van der Waals surface area contributed by atoms with Gasteiger partial charge in [-0.3, -0.25) is 14.9 Å². The Balaban J connectivity index is 2.33. The summed E-state index contributed by atoms with van der Waals surface area (Å²) in [6, 6.07) is 3.75. The van der Waals surface area contributed by atoms with E-state index >= 15 is 0 Å². The molecule has 86 valence electrons.